The van der Waals surface area contributed by atoms with Crippen molar-refractivity contribution < 1.29 is 9.53 Å². The molecular formula is C20H23N5O3. The topological polar surface area (TPSA) is 105 Å². The first-order valence-electron chi connectivity index (χ1n) is 9.14. The molecule has 0 atom stereocenters. The molecule has 0 fully saturated rings. The molecule has 0 saturated heterocycles. The third-order valence-electron chi connectivity index (χ3n) is 4.14. The van der Waals surface area contributed by atoms with Crippen molar-refractivity contribution in [3.05, 3.63) is 76.0 Å². The van der Waals surface area contributed by atoms with E-state index in [-0.39, 0.29) is 17.8 Å². The largest absolute Gasteiger partial charge is 0.466 e. The molecule has 0 aliphatic carbocycles. The summed E-state index contributed by atoms with van der Waals surface area (Å²) >= 11 is 0. The maximum atomic E-state index is 12.3. The molecule has 2 N–H and O–H groups in total. The lowest BCUT2D eigenvalue weighted by Gasteiger charge is -2.07. The minimum atomic E-state index is -0.269. The lowest BCUT2D eigenvalue weighted by atomic mass is 10.0. The number of ether oxygens (including phenoxy) is 1. The normalized spacial score (nSPS) is 10.8. The Balaban J connectivity index is 1.80. The van der Waals surface area contributed by atoms with Crippen LogP contribution in [0.15, 0.2) is 53.7 Å². The first-order chi connectivity index (χ1) is 13.6. The third kappa shape index (κ3) is 4.92. The maximum absolute atomic E-state index is 12.3. The molecule has 8 nitrogen and oxygen atoms in total. The van der Waals surface area contributed by atoms with Gasteiger partial charge in [-0.15, -0.1) is 0 Å². The van der Waals surface area contributed by atoms with Crippen LogP contribution in [0.1, 0.15) is 23.7 Å². The van der Waals surface area contributed by atoms with Gasteiger partial charge in [0.2, 0.25) is 5.43 Å². The number of esters is 1. The lowest BCUT2D eigenvalue weighted by Crippen LogP contribution is -2.16. The number of nitrogens with two attached hydrogens (primary N) is 1. The second kappa shape index (κ2) is 9.09. The van der Waals surface area contributed by atoms with Crippen LogP contribution in [0.25, 0.3) is 5.69 Å². The predicted molar refractivity (Wildman–Crippen MR) is 104 cm³/mol. The minimum Gasteiger partial charge on any atom is -0.466 e. The molecule has 146 valence electrons. The lowest BCUT2D eigenvalue weighted by molar-refractivity contribution is -0.142. The number of nitrogens with zero attached hydrogens (tertiary/aromatic N) is 4. The second-order valence-electron chi connectivity index (χ2n) is 6.30. The van der Waals surface area contributed by atoms with E-state index in [4.69, 9.17) is 10.5 Å². The summed E-state index contributed by atoms with van der Waals surface area (Å²) < 4.78 is 8.34. The highest BCUT2D eigenvalue weighted by Crippen LogP contribution is 2.11. The summed E-state index contributed by atoms with van der Waals surface area (Å²) in [6, 6.07) is 9.03. The van der Waals surface area contributed by atoms with Gasteiger partial charge >= 0.3 is 5.97 Å². The van der Waals surface area contributed by atoms with Gasteiger partial charge in [0, 0.05) is 25.2 Å². The molecule has 0 aliphatic rings. The molecule has 1 aromatic carbocycles. The standard InChI is InChI=1S/C20H23N5O3/c1-2-28-20(27)12-16-5-3-4-15(10-16)11-18-19(26)6-8-25(23-18)17-13-22-24(14-17)9-7-21/h3-6,8,10,13-14H,2,7,9,11-12,21H2,1H3. The fraction of sp³-hybridized carbons (Fsp3) is 0.300. The Morgan fingerprint density at radius 1 is 1.25 bits per heavy atom. The van der Waals surface area contributed by atoms with Gasteiger partial charge < -0.3 is 10.5 Å². The quantitative estimate of drug-likeness (QED) is 0.586. The predicted octanol–water partition coefficient (Wildman–Crippen LogP) is 1.08. The zero-order valence-corrected chi connectivity index (χ0v) is 15.7. The Morgan fingerprint density at radius 3 is 2.86 bits per heavy atom. The van der Waals surface area contributed by atoms with Crippen LogP contribution in [-0.2, 0) is 28.9 Å². The Bertz CT molecular complexity index is 1010. The van der Waals surface area contributed by atoms with Gasteiger partial charge in [0.05, 0.1) is 32.0 Å². The first kappa shape index (κ1) is 19.5. The monoisotopic (exact) mass is 381 g/mol. The van der Waals surface area contributed by atoms with Gasteiger partial charge in [-0.05, 0) is 18.1 Å². The van der Waals surface area contributed by atoms with Gasteiger partial charge in [0.15, 0.2) is 0 Å². The van der Waals surface area contributed by atoms with E-state index in [1.807, 2.05) is 30.5 Å². The smallest absolute Gasteiger partial charge is 0.310 e. The fourth-order valence-electron chi connectivity index (χ4n) is 2.86. The van der Waals surface area contributed by atoms with Gasteiger partial charge in [-0.1, -0.05) is 24.3 Å². The summed E-state index contributed by atoms with van der Waals surface area (Å²) in [5.41, 5.74) is 8.33. The summed E-state index contributed by atoms with van der Waals surface area (Å²) in [6.07, 6.45) is 5.69. The van der Waals surface area contributed by atoms with Crippen LogP contribution in [0.2, 0.25) is 0 Å². The molecule has 0 bridgehead atoms. The number of hydrogen-bond acceptors (Lipinski definition) is 6. The highest BCUT2D eigenvalue weighted by Gasteiger charge is 2.09. The van der Waals surface area contributed by atoms with E-state index >= 15 is 0 Å². The molecule has 0 spiro atoms. The number of hydrogen-bond donors (Lipinski definition) is 1. The van der Waals surface area contributed by atoms with Gasteiger partial charge in [-0.25, -0.2) is 4.68 Å². The molecule has 3 aromatic rings. The van der Waals surface area contributed by atoms with Crippen LogP contribution in [0.3, 0.4) is 0 Å². The molecule has 0 unspecified atom stereocenters. The minimum absolute atomic E-state index is 0.138. The van der Waals surface area contributed by atoms with Crippen LogP contribution in [0, 0.1) is 0 Å². The van der Waals surface area contributed by atoms with Gasteiger partial charge in [0.25, 0.3) is 0 Å². The summed E-state index contributed by atoms with van der Waals surface area (Å²) in [5, 5.41) is 8.69. The van der Waals surface area contributed by atoms with E-state index in [2.05, 4.69) is 10.2 Å². The number of carbonyl (C=O) groups is 1. The van der Waals surface area contributed by atoms with Crippen molar-refractivity contribution in [3.63, 3.8) is 0 Å². The molecule has 8 heteroatoms. The molecule has 0 radical (unpaired) electrons. The van der Waals surface area contributed by atoms with Crippen LogP contribution >= 0.6 is 0 Å². The van der Waals surface area contributed by atoms with Gasteiger partial charge in [-0.3, -0.25) is 14.3 Å². The van der Waals surface area contributed by atoms with E-state index < -0.39 is 0 Å². The Labute approximate surface area is 162 Å². The van der Waals surface area contributed by atoms with Crippen molar-refractivity contribution in [1.82, 2.24) is 19.6 Å². The van der Waals surface area contributed by atoms with E-state index in [9.17, 15) is 9.59 Å². The van der Waals surface area contributed by atoms with Crippen molar-refractivity contribution in [2.24, 2.45) is 5.73 Å². The van der Waals surface area contributed by atoms with E-state index in [1.165, 1.54) is 6.07 Å². The van der Waals surface area contributed by atoms with Crippen LogP contribution < -0.4 is 11.2 Å². The Morgan fingerprint density at radius 2 is 2.07 bits per heavy atom. The summed E-state index contributed by atoms with van der Waals surface area (Å²) in [6.45, 7) is 3.24. The number of aromatic nitrogens is 4. The zero-order valence-electron chi connectivity index (χ0n) is 15.7. The molecule has 0 amide bonds. The van der Waals surface area contributed by atoms with Gasteiger partial charge in [0.1, 0.15) is 11.4 Å². The molecule has 0 aliphatic heterocycles. The summed E-state index contributed by atoms with van der Waals surface area (Å²) in [7, 11) is 0. The first-order valence-corrected chi connectivity index (χ1v) is 9.14. The molecular weight excluding hydrogens is 358 g/mol. The maximum Gasteiger partial charge on any atom is 0.310 e. The fourth-order valence-corrected chi connectivity index (χ4v) is 2.86. The number of benzene rings is 1. The highest BCUT2D eigenvalue weighted by molar-refractivity contribution is 5.72. The van der Waals surface area contributed by atoms with Crippen LogP contribution in [0.5, 0.6) is 0 Å². The van der Waals surface area contributed by atoms with E-state index in [1.54, 1.807) is 28.7 Å². The SMILES string of the molecule is CCOC(=O)Cc1cccc(Cc2nn(-c3cnn(CCN)c3)ccc2=O)c1. The van der Waals surface area contributed by atoms with Crippen molar-refractivity contribution >= 4 is 5.97 Å². The average molecular weight is 381 g/mol. The zero-order chi connectivity index (χ0) is 19.9. The molecule has 2 aromatic heterocycles. The van der Waals surface area contributed by atoms with Crippen molar-refractivity contribution in [1.29, 1.82) is 0 Å². The van der Waals surface area contributed by atoms with Crippen molar-refractivity contribution in [2.75, 3.05) is 13.2 Å². The second-order valence-corrected chi connectivity index (χ2v) is 6.30. The molecule has 2 heterocycles. The molecule has 3 rings (SSSR count). The Hall–Kier alpha value is -3.26. The Kier molecular flexibility index (Phi) is 6.33. The number of carbonyl (C=O) groups excluding carboxylic acids is 1. The molecule has 0 saturated carbocycles. The summed E-state index contributed by atoms with van der Waals surface area (Å²) in [5.74, 6) is -0.269. The van der Waals surface area contributed by atoms with Gasteiger partial charge in [-0.2, -0.15) is 10.2 Å². The van der Waals surface area contributed by atoms with E-state index in [0.29, 0.717) is 31.8 Å². The van der Waals surface area contributed by atoms with Crippen molar-refractivity contribution in [3.8, 4) is 5.69 Å². The van der Waals surface area contributed by atoms with E-state index in [0.717, 1.165) is 16.8 Å². The number of rotatable bonds is 8. The molecule has 28 heavy (non-hydrogen) atoms. The van der Waals surface area contributed by atoms with Crippen molar-refractivity contribution in [2.45, 2.75) is 26.3 Å². The highest BCUT2D eigenvalue weighted by atomic mass is 16.5. The van der Waals surface area contributed by atoms with Crippen LogP contribution in [0.4, 0.5) is 0 Å². The van der Waals surface area contributed by atoms with Crippen LogP contribution in [-0.4, -0.2) is 38.7 Å². The average Bonchev–Trinajstić information content (AvgIpc) is 3.13. The summed E-state index contributed by atoms with van der Waals surface area (Å²) in [4.78, 5) is 24.0. The third-order valence-corrected chi connectivity index (χ3v) is 4.14.